The van der Waals surface area contributed by atoms with E-state index in [0.717, 1.165) is 40.4 Å². The Bertz CT molecular complexity index is 1870. The second kappa shape index (κ2) is 13.9. The van der Waals surface area contributed by atoms with E-state index in [2.05, 4.69) is 28.1 Å². The molecule has 0 aliphatic carbocycles. The summed E-state index contributed by atoms with van der Waals surface area (Å²) in [5, 5.41) is 1.13. The van der Waals surface area contributed by atoms with E-state index in [9.17, 15) is 18.4 Å². The van der Waals surface area contributed by atoms with E-state index >= 15 is 0 Å². The highest BCUT2D eigenvalue weighted by Gasteiger charge is 2.24. The van der Waals surface area contributed by atoms with Crippen molar-refractivity contribution in [3.63, 3.8) is 0 Å². The third-order valence-corrected chi connectivity index (χ3v) is 7.75. The lowest BCUT2D eigenvalue weighted by molar-refractivity contribution is 0.0987. The van der Waals surface area contributed by atoms with Crippen LogP contribution in [0.5, 0.6) is 17.2 Å². The summed E-state index contributed by atoms with van der Waals surface area (Å²) in [7, 11) is 3.04. The Kier molecular flexibility index (Phi) is 9.83. The number of anilines is 1. The van der Waals surface area contributed by atoms with Crippen LogP contribution < -0.4 is 24.5 Å². The summed E-state index contributed by atoms with van der Waals surface area (Å²) in [4.78, 5) is 28.9. The maximum Gasteiger partial charge on any atom is 0.263 e. The summed E-state index contributed by atoms with van der Waals surface area (Å²) in [6, 6.07) is 21.2. The quantitative estimate of drug-likeness (QED) is 0.136. The van der Waals surface area contributed by atoms with Crippen molar-refractivity contribution in [3.8, 4) is 22.9 Å². The van der Waals surface area contributed by atoms with Crippen molar-refractivity contribution in [1.29, 1.82) is 0 Å². The molecule has 0 spiro atoms. The maximum atomic E-state index is 14.1. The van der Waals surface area contributed by atoms with Crippen molar-refractivity contribution in [3.05, 3.63) is 124 Å². The molecule has 5 rings (SSSR count). The molecule has 0 unspecified atom stereocenters. The van der Waals surface area contributed by atoms with Gasteiger partial charge in [0.05, 0.1) is 25.4 Å². The first kappa shape index (κ1) is 31.7. The van der Waals surface area contributed by atoms with Crippen LogP contribution in [0.3, 0.4) is 0 Å². The Labute approximate surface area is 267 Å². The molecule has 1 heterocycles. The van der Waals surface area contributed by atoms with E-state index in [0.29, 0.717) is 35.1 Å². The number of alkyl halides is 1. The number of ether oxygens (including phenoxy) is 3. The van der Waals surface area contributed by atoms with Gasteiger partial charge in [-0.2, -0.15) is 0 Å². The average molecular weight is 678 g/mol. The zero-order valence-electron chi connectivity index (χ0n) is 25.0. The van der Waals surface area contributed by atoms with Gasteiger partial charge in [-0.25, -0.2) is 8.78 Å². The smallest absolute Gasteiger partial charge is 0.263 e. The van der Waals surface area contributed by atoms with Crippen LogP contribution in [0.4, 0.5) is 14.5 Å². The second-order valence-electron chi connectivity index (χ2n) is 10.2. The number of benzene rings is 4. The van der Waals surface area contributed by atoms with Crippen LogP contribution in [0.1, 0.15) is 28.4 Å². The zero-order chi connectivity index (χ0) is 32.1. The van der Waals surface area contributed by atoms with E-state index < -0.39 is 23.0 Å². The fourth-order valence-electron chi connectivity index (χ4n) is 5.05. The van der Waals surface area contributed by atoms with E-state index in [1.54, 1.807) is 47.9 Å². The number of hydrogen-bond donors (Lipinski definition) is 0. The summed E-state index contributed by atoms with van der Waals surface area (Å²) >= 11 is 3.46. The fourth-order valence-corrected chi connectivity index (χ4v) is 5.51. The number of rotatable bonds is 11. The number of methoxy groups -OCH3 is 2. The lowest BCUT2D eigenvalue weighted by Gasteiger charge is -2.22. The van der Waals surface area contributed by atoms with Crippen molar-refractivity contribution in [1.82, 2.24) is 4.57 Å². The molecule has 0 radical (unpaired) electrons. The van der Waals surface area contributed by atoms with E-state index in [4.69, 9.17) is 14.2 Å². The minimum Gasteiger partial charge on any atom is -0.497 e. The van der Waals surface area contributed by atoms with Crippen molar-refractivity contribution in [2.45, 2.75) is 20.0 Å². The van der Waals surface area contributed by atoms with Gasteiger partial charge >= 0.3 is 0 Å². The number of halogens is 3. The van der Waals surface area contributed by atoms with Gasteiger partial charge in [0.1, 0.15) is 41.1 Å². The molecule has 0 aliphatic rings. The molecular weight excluding hydrogens is 646 g/mol. The number of amides is 1. The highest BCUT2D eigenvalue weighted by atomic mass is 79.9. The van der Waals surface area contributed by atoms with Crippen LogP contribution in [0, 0.1) is 11.6 Å². The third kappa shape index (κ3) is 7.01. The highest BCUT2D eigenvalue weighted by Crippen LogP contribution is 2.30. The lowest BCUT2D eigenvalue weighted by atomic mass is 10.1. The Hall–Kier alpha value is -4.70. The molecule has 0 saturated carbocycles. The lowest BCUT2D eigenvalue weighted by Crippen LogP contribution is -2.35. The molecule has 0 atom stereocenters. The third-order valence-electron chi connectivity index (χ3n) is 7.35. The number of fused-ring (bicyclic) bond motifs is 1. The standard InChI is InChI=1S/C35H31BrF2N2O5/c1-4-39(26-14-24(37)13-25(38)15-26)35(42)32-20-40(27-16-29(43-2)18-30(17-27)44-3)33-19-28(9-10-31(33)34(32)41)45-21-23-7-5-22(6-8-23)11-12-36/h5-10,13-20H,4,11-12,21H2,1-3H3. The molecule has 7 nitrogen and oxygen atoms in total. The maximum absolute atomic E-state index is 14.1. The second-order valence-corrected chi connectivity index (χ2v) is 11.0. The average Bonchev–Trinajstić information content (AvgIpc) is 3.04. The van der Waals surface area contributed by atoms with Gasteiger partial charge in [0.25, 0.3) is 5.91 Å². The first-order chi connectivity index (χ1) is 21.7. The molecule has 5 aromatic rings. The minimum atomic E-state index is -0.835. The largest absolute Gasteiger partial charge is 0.497 e. The van der Waals surface area contributed by atoms with Crippen molar-refractivity contribution in [2.24, 2.45) is 0 Å². The molecule has 45 heavy (non-hydrogen) atoms. The molecule has 0 fully saturated rings. The molecule has 232 valence electrons. The van der Waals surface area contributed by atoms with Crippen molar-refractivity contribution >= 4 is 38.4 Å². The molecule has 10 heteroatoms. The number of aryl methyl sites for hydroxylation is 1. The number of aromatic nitrogens is 1. The number of pyridine rings is 1. The monoisotopic (exact) mass is 676 g/mol. The fraction of sp³-hybridized carbons (Fsp3) is 0.200. The Morgan fingerprint density at radius 1 is 0.844 bits per heavy atom. The van der Waals surface area contributed by atoms with E-state index in [1.807, 2.05) is 12.1 Å². The van der Waals surface area contributed by atoms with Gasteiger partial charge in [-0.3, -0.25) is 9.59 Å². The molecule has 1 aromatic heterocycles. The molecule has 0 saturated heterocycles. The molecule has 0 bridgehead atoms. The van der Waals surface area contributed by atoms with Gasteiger partial charge in [-0.15, -0.1) is 0 Å². The Balaban J connectivity index is 1.62. The zero-order valence-corrected chi connectivity index (χ0v) is 26.6. The van der Waals surface area contributed by atoms with Crippen LogP contribution in [0.2, 0.25) is 0 Å². The van der Waals surface area contributed by atoms with Crippen LogP contribution in [-0.4, -0.2) is 36.6 Å². The number of hydrogen-bond acceptors (Lipinski definition) is 5. The summed E-state index contributed by atoms with van der Waals surface area (Å²) in [5.41, 5.74) is 2.49. The first-order valence-corrected chi connectivity index (χ1v) is 15.3. The Morgan fingerprint density at radius 2 is 1.49 bits per heavy atom. The van der Waals surface area contributed by atoms with Gasteiger partial charge in [-0.1, -0.05) is 40.2 Å². The van der Waals surface area contributed by atoms with E-state index in [-0.39, 0.29) is 23.2 Å². The van der Waals surface area contributed by atoms with Crippen LogP contribution in [-0.2, 0) is 13.0 Å². The SMILES string of the molecule is CCN(C(=O)c1cn(-c2cc(OC)cc(OC)c2)c2cc(OCc3ccc(CCBr)cc3)ccc2c1=O)c1cc(F)cc(F)c1. The first-order valence-electron chi connectivity index (χ1n) is 14.2. The van der Waals surface area contributed by atoms with Gasteiger partial charge in [0.15, 0.2) is 0 Å². The van der Waals surface area contributed by atoms with Gasteiger partial charge in [-0.05, 0) is 48.7 Å². The topological polar surface area (TPSA) is 70.0 Å². The normalized spacial score (nSPS) is 11.0. The molecule has 1 amide bonds. The molecule has 4 aromatic carbocycles. The molecule has 0 aliphatic heterocycles. The summed E-state index contributed by atoms with van der Waals surface area (Å²) in [5.74, 6) is -0.882. The highest BCUT2D eigenvalue weighted by molar-refractivity contribution is 9.09. The summed E-state index contributed by atoms with van der Waals surface area (Å²) in [6.07, 6.45) is 2.35. The van der Waals surface area contributed by atoms with Gasteiger partial charge in [0, 0.05) is 59.5 Å². The predicted octanol–water partition coefficient (Wildman–Crippen LogP) is 7.47. The summed E-state index contributed by atoms with van der Waals surface area (Å²) in [6.45, 7) is 2.03. The van der Waals surface area contributed by atoms with Crippen LogP contribution >= 0.6 is 15.9 Å². The van der Waals surface area contributed by atoms with Crippen LogP contribution in [0.15, 0.2) is 89.9 Å². The van der Waals surface area contributed by atoms with Crippen molar-refractivity contribution < 1.29 is 27.8 Å². The molecule has 0 N–H and O–H groups in total. The minimum absolute atomic E-state index is 0.00179. The molecular formula is C35H31BrF2N2O5. The number of carbonyl (C=O) groups excluding carboxylic acids is 1. The Morgan fingerprint density at radius 3 is 2.09 bits per heavy atom. The van der Waals surface area contributed by atoms with Gasteiger partial charge in [0.2, 0.25) is 5.43 Å². The van der Waals surface area contributed by atoms with Gasteiger partial charge < -0.3 is 23.7 Å². The predicted molar refractivity (Wildman–Crippen MR) is 175 cm³/mol. The van der Waals surface area contributed by atoms with Crippen molar-refractivity contribution in [2.75, 3.05) is 31.0 Å². The number of carbonyl (C=O) groups is 1. The number of nitrogens with zero attached hydrogens (tertiary/aromatic N) is 2. The van der Waals surface area contributed by atoms with E-state index in [1.165, 1.54) is 26.0 Å². The summed E-state index contributed by atoms with van der Waals surface area (Å²) < 4.78 is 46.9. The van der Waals surface area contributed by atoms with Crippen LogP contribution in [0.25, 0.3) is 16.6 Å².